The van der Waals surface area contributed by atoms with Crippen LogP contribution >= 0.6 is 0 Å². The second-order valence-electron chi connectivity index (χ2n) is 17.6. The van der Waals surface area contributed by atoms with Gasteiger partial charge < -0.3 is 40.3 Å². The standard InChI is InChI=1S/C60H95NO8/c1-3-5-7-9-11-12-13-14-15-16-17-18-19-20-21-22-23-24-25-26-27-28-29-30-31-32-33-34-35-36-37-38-39-40-41-42-44-46-48-50-56(64)61-53(54(63)49-47-45-43-10-8-6-4-2)52-68-60-59(67)58(66)57(65)55(51-62)69-60/h5,7,11-12,14-15,17-18,20-21,23-24,26-27,29-30,32-33,35-36,38-39,47,49,53-55,57-60,62-63,65-67H,3-4,6,8-10,13,16,19,22,25,28,31,34,37,40-46,48,50-52H2,1-2H3,(H,61,64)/b7-5-,12-11-,15-14-,18-17-,21-20-,24-23-,27-26-,30-29-,33-32-,36-35-,39-38-,49-47+. The highest BCUT2D eigenvalue weighted by molar-refractivity contribution is 5.76. The smallest absolute Gasteiger partial charge is 0.220 e. The van der Waals surface area contributed by atoms with Crippen LogP contribution in [-0.2, 0) is 14.3 Å². The van der Waals surface area contributed by atoms with E-state index in [9.17, 15) is 30.3 Å². The maximum atomic E-state index is 12.9. The van der Waals surface area contributed by atoms with Gasteiger partial charge in [0.25, 0.3) is 0 Å². The van der Waals surface area contributed by atoms with Crippen LogP contribution in [0.25, 0.3) is 0 Å². The first-order valence-corrected chi connectivity index (χ1v) is 26.6. The number of hydrogen-bond donors (Lipinski definition) is 6. The molecule has 9 nitrogen and oxygen atoms in total. The van der Waals surface area contributed by atoms with Gasteiger partial charge >= 0.3 is 0 Å². The lowest BCUT2D eigenvalue weighted by atomic mass is 9.99. The molecule has 1 aliphatic rings. The first kappa shape index (κ1) is 63.1. The van der Waals surface area contributed by atoms with E-state index in [0.717, 1.165) is 128 Å². The van der Waals surface area contributed by atoms with Crippen molar-refractivity contribution in [3.63, 3.8) is 0 Å². The molecule has 9 heteroatoms. The number of amides is 1. The lowest BCUT2D eigenvalue weighted by Crippen LogP contribution is -2.60. The van der Waals surface area contributed by atoms with Gasteiger partial charge in [-0.2, -0.15) is 0 Å². The Balaban J connectivity index is 2.15. The summed E-state index contributed by atoms with van der Waals surface area (Å²) in [4.78, 5) is 12.9. The maximum Gasteiger partial charge on any atom is 0.220 e. The van der Waals surface area contributed by atoms with Crippen molar-refractivity contribution in [2.24, 2.45) is 0 Å². The number of hydrogen-bond acceptors (Lipinski definition) is 8. The Morgan fingerprint density at radius 1 is 0.507 bits per heavy atom. The van der Waals surface area contributed by atoms with Gasteiger partial charge in [-0.1, -0.05) is 205 Å². The zero-order valence-corrected chi connectivity index (χ0v) is 42.7. The molecule has 0 aromatic heterocycles. The van der Waals surface area contributed by atoms with E-state index < -0.39 is 49.5 Å². The minimum absolute atomic E-state index is 0.207. The number of rotatable bonds is 42. The lowest BCUT2D eigenvalue weighted by molar-refractivity contribution is -0.302. The number of aliphatic hydroxyl groups is 5. The molecular formula is C60H95NO8. The van der Waals surface area contributed by atoms with Gasteiger partial charge in [0.05, 0.1) is 25.4 Å². The quantitative estimate of drug-likeness (QED) is 0.0262. The first-order chi connectivity index (χ1) is 33.8. The molecule has 0 radical (unpaired) electrons. The summed E-state index contributed by atoms with van der Waals surface area (Å²) < 4.78 is 11.1. The van der Waals surface area contributed by atoms with E-state index in [1.807, 2.05) is 6.08 Å². The van der Waals surface area contributed by atoms with Crippen molar-refractivity contribution in [1.82, 2.24) is 5.32 Å². The van der Waals surface area contributed by atoms with Crippen molar-refractivity contribution in [3.8, 4) is 0 Å². The van der Waals surface area contributed by atoms with E-state index in [2.05, 4.69) is 153 Å². The summed E-state index contributed by atoms with van der Waals surface area (Å²) in [5, 5.41) is 54.0. The minimum atomic E-state index is -1.58. The number of unbranched alkanes of at least 4 members (excludes halogenated alkanes) is 10. The molecule has 7 unspecified atom stereocenters. The molecule has 0 aromatic rings. The molecule has 1 aliphatic heterocycles. The van der Waals surface area contributed by atoms with Crippen LogP contribution in [0.3, 0.4) is 0 Å². The van der Waals surface area contributed by atoms with Gasteiger partial charge in [0.15, 0.2) is 6.29 Å². The van der Waals surface area contributed by atoms with Crippen LogP contribution < -0.4 is 5.32 Å². The van der Waals surface area contributed by atoms with Crippen LogP contribution in [0.15, 0.2) is 146 Å². The van der Waals surface area contributed by atoms with Crippen molar-refractivity contribution in [2.45, 2.75) is 211 Å². The summed E-state index contributed by atoms with van der Waals surface area (Å²) in [6.45, 7) is 3.55. The van der Waals surface area contributed by atoms with Crippen LogP contribution in [0.2, 0.25) is 0 Å². The van der Waals surface area contributed by atoms with Crippen molar-refractivity contribution >= 4 is 5.91 Å². The molecule has 1 fully saturated rings. The fourth-order valence-electron chi connectivity index (χ4n) is 7.22. The molecule has 0 aromatic carbocycles. The highest BCUT2D eigenvalue weighted by Gasteiger charge is 2.44. The molecular weight excluding hydrogens is 863 g/mol. The fraction of sp³-hybridized carbons (Fsp3) is 0.583. The largest absolute Gasteiger partial charge is 0.394 e. The normalized spacial score (nSPS) is 20.7. The lowest BCUT2D eigenvalue weighted by Gasteiger charge is -2.40. The highest BCUT2D eigenvalue weighted by atomic mass is 16.7. The summed E-state index contributed by atoms with van der Waals surface area (Å²) in [5.41, 5.74) is 0. The van der Waals surface area contributed by atoms with Gasteiger partial charge in [-0.05, 0) is 103 Å². The van der Waals surface area contributed by atoms with E-state index in [4.69, 9.17) is 9.47 Å². The van der Waals surface area contributed by atoms with E-state index in [-0.39, 0.29) is 12.5 Å². The van der Waals surface area contributed by atoms with Crippen molar-refractivity contribution in [1.29, 1.82) is 0 Å². The van der Waals surface area contributed by atoms with Crippen LogP contribution in [0, 0.1) is 0 Å². The third kappa shape index (κ3) is 37.6. The third-order valence-electron chi connectivity index (χ3n) is 11.4. The molecule has 0 saturated carbocycles. The highest BCUT2D eigenvalue weighted by Crippen LogP contribution is 2.22. The van der Waals surface area contributed by atoms with Crippen LogP contribution in [0.4, 0.5) is 0 Å². The Morgan fingerprint density at radius 3 is 1.33 bits per heavy atom. The summed E-state index contributed by atoms with van der Waals surface area (Å²) >= 11 is 0. The van der Waals surface area contributed by atoms with E-state index >= 15 is 0 Å². The molecule has 0 bridgehead atoms. The van der Waals surface area contributed by atoms with E-state index in [1.165, 1.54) is 19.3 Å². The van der Waals surface area contributed by atoms with Gasteiger partial charge in [-0.25, -0.2) is 0 Å². The summed E-state index contributed by atoms with van der Waals surface area (Å²) in [6.07, 6.45) is 68.0. The summed E-state index contributed by atoms with van der Waals surface area (Å²) in [5.74, 6) is -0.208. The maximum absolute atomic E-state index is 12.9. The van der Waals surface area contributed by atoms with E-state index in [0.29, 0.717) is 6.42 Å². The molecule has 1 saturated heterocycles. The third-order valence-corrected chi connectivity index (χ3v) is 11.4. The molecule has 1 amide bonds. The zero-order chi connectivity index (χ0) is 50.1. The second kappa shape index (κ2) is 47.7. The molecule has 0 aliphatic carbocycles. The van der Waals surface area contributed by atoms with Crippen molar-refractivity contribution < 1.29 is 39.8 Å². The number of nitrogens with one attached hydrogen (secondary N) is 1. The monoisotopic (exact) mass is 958 g/mol. The minimum Gasteiger partial charge on any atom is -0.394 e. The number of aliphatic hydroxyl groups excluding tert-OH is 5. The van der Waals surface area contributed by atoms with Crippen LogP contribution in [0.1, 0.15) is 168 Å². The molecule has 1 heterocycles. The van der Waals surface area contributed by atoms with Crippen molar-refractivity contribution in [3.05, 3.63) is 146 Å². The predicted molar refractivity (Wildman–Crippen MR) is 289 cm³/mol. The van der Waals surface area contributed by atoms with Crippen LogP contribution in [-0.4, -0.2) is 87.5 Å². The zero-order valence-electron chi connectivity index (χ0n) is 42.7. The molecule has 0 spiro atoms. The summed E-state index contributed by atoms with van der Waals surface area (Å²) in [7, 11) is 0. The molecule has 69 heavy (non-hydrogen) atoms. The number of carbonyl (C=O) groups is 1. The Morgan fingerprint density at radius 2 is 0.899 bits per heavy atom. The predicted octanol–water partition coefficient (Wildman–Crippen LogP) is 12.7. The molecule has 388 valence electrons. The number of carbonyl (C=O) groups excluding carboxylic acids is 1. The van der Waals surface area contributed by atoms with Crippen LogP contribution in [0.5, 0.6) is 0 Å². The SMILES string of the molecule is CC/C=C\C/C=C\C/C=C\C/C=C\C/C=C\C/C=C\C/C=C\C/C=C\C/C=C\C/C=C\C/C=C\CCCCCCCC(=O)NC(COC1OC(CO)C(O)C(O)C1O)C(O)/C=C/CCCCCCC. The molecule has 7 atom stereocenters. The summed E-state index contributed by atoms with van der Waals surface area (Å²) in [6, 6.07) is -0.823. The van der Waals surface area contributed by atoms with Gasteiger partial charge in [-0.15, -0.1) is 0 Å². The second-order valence-corrected chi connectivity index (χ2v) is 17.6. The Kier molecular flexibility index (Phi) is 43.6. The van der Waals surface area contributed by atoms with Crippen molar-refractivity contribution in [2.75, 3.05) is 13.2 Å². The fourth-order valence-corrected chi connectivity index (χ4v) is 7.22. The Labute approximate surface area is 419 Å². The topological polar surface area (TPSA) is 149 Å². The van der Waals surface area contributed by atoms with Gasteiger partial charge in [-0.3, -0.25) is 4.79 Å². The Hall–Kier alpha value is -3.93. The van der Waals surface area contributed by atoms with Gasteiger partial charge in [0, 0.05) is 6.42 Å². The van der Waals surface area contributed by atoms with Gasteiger partial charge in [0.2, 0.25) is 5.91 Å². The number of allylic oxidation sites excluding steroid dienone is 23. The number of ether oxygens (including phenoxy) is 2. The van der Waals surface area contributed by atoms with Gasteiger partial charge in [0.1, 0.15) is 24.4 Å². The average molecular weight is 958 g/mol. The average Bonchev–Trinajstić information content (AvgIpc) is 3.35. The Bertz CT molecular complexity index is 1580. The molecule has 1 rings (SSSR count). The first-order valence-electron chi connectivity index (χ1n) is 26.6. The van der Waals surface area contributed by atoms with E-state index in [1.54, 1.807) is 6.08 Å². The molecule has 6 N–H and O–H groups in total.